The van der Waals surface area contributed by atoms with E-state index in [2.05, 4.69) is 5.32 Å². The molecule has 2 aliphatic carbocycles. The zero-order valence-electron chi connectivity index (χ0n) is 25.3. The van der Waals surface area contributed by atoms with Crippen LogP contribution in [0.25, 0.3) is 22.4 Å². The number of carbonyl (C=O) groups is 2. The summed E-state index contributed by atoms with van der Waals surface area (Å²) in [6.07, 6.45) is 7.02. The van der Waals surface area contributed by atoms with Crippen molar-refractivity contribution in [2.24, 2.45) is 17.6 Å². The van der Waals surface area contributed by atoms with Crippen molar-refractivity contribution >= 4 is 17.5 Å². The average molecular weight is 569 g/mol. The van der Waals surface area contributed by atoms with Crippen LogP contribution in [0, 0.1) is 11.8 Å². The molecule has 7 nitrogen and oxygen atoms in total. The number of amides is 2. The maximum absolute atomic E-state index is 13.1. The lowest BCUT2D eigenvalue weighted by Crippen LogP contribution is -2.58. The molecule has 0 spiro atoms. The highest BCUT2D eigenvalue weighted by atomic mass is 16.3. The molecule has 2 amide bonds. The van der Waals surface area contributed by atoms with Crippen LogP contribution in [0.2, 0.25) is 0 Å². The highest BCUT2D eigenvalue weighted by Gasteiger charge is 2.49. The van der Waals surface area contributed by atoms with Gasteiger partial charge in [0.1, 0.15) is 0 Å². The van der Waals surface area contributed by atoms with Gasteiger partial charge in [-0.1, -0.05) is 68.4 Å². The van der Waals surface area contributed by atoms with Crippen LogP contribution in [0.4, 0.5) is 5.69 Å². The summed E-state index contributed by atoms with van der Waals surface area (Å²) in [6, 6.07) is 20.5. The van der Waals surface area contributed by atoms with Crippen molar-refractivity contribution in [2.45, 2.75) is 82.9 Å². The van der Waals surface area contributed by atoms with Gasteiger partial charge in [0.05, 0.1) is 23.2 Å². The number of benzene rings is 2. The summed E-state index contributed by atoms with van der Waals surface area (Å²) in [4.78, 5) is 32.2. The van der Waals surface area contributed by atoms with Crippen LogP contribution < -0.4 is 11.1 Å². The van der Waals surface area contributed by atoms with Gasteiger partial charge < -0.3 is 21.1 Å². The number of aliphatic hydroxyl groups is 1. The lowest BCUT2D eigenvalue weighted by atomic mass is 9.63. The Kier molecular flexibility index (Phi) is 8.53. The predicted octanol–water partition coefficient (Wildman–Crippen LogP) is 6.12. The Labute approximate surface area is 249 Å². The number of pyridine rings is 1. The first-order chi connectivity index (χ1) is 19.9. The first-order valence-corrected chi connectivity index (χ1v) is 15.2. The molecule has 0 radical (unpaired) electrons. The second kappa shape index (κ2) is 12.0. The van der Waals surface area contributed by atoms with Gasteiger partial charge in [-0.15, -0.1) is 0 Å². The zero-order valence-corrected chi connectivity index (χ0v) is 25.3. The van der Waals surface area contributed by atoms with Gasteiger partial charge >= 0.3 is 0 Å². The molecule has 5 rings (SSSR count). The van der Waals surface area contributed by atoms with Crippen LogP contribution >= 0.6 is 0 Å². The summed E-state index contributed by atoms with van der Waals surface area (Å²) in [5, 5.41) is 13.3. The molecule has 3 aromatic rings. The van der Waals surface area contributed by atoms with E-state index >= 15 is 0 Å². The second-order valence-corrected chi connectivity index (χ2v) is 13.1. The SMILES string of the molecule is CC(C)C(=O)N(C)[C@H]1CC[C@H](CC(=O)Nc2cnc(-c3ccc([C@]4(N)C[C@](C)(O)C4)cc3)c(-c3ccccc3)c2)CC1. The highest BCUT2D eigenvalue weighted by molar-refractivity contribution is 5.93. The number of nitrogens with one attached hydrogen (secondary N) is 1. The third-order valence-electron chi connectivity index (χ3n) is 9.06. The van der Waals surface area contributed by atoms with E-state index in [1.165, 1.54) is 0 Å². The first kappa shape index (κ1) is 29.9. The number of hydrogen-bond acceptors (Lipinski definition) is 5. The van der Waals surface area contributed by atoms with Crippen LogP contribution in [-0.2, 0) is 15.1 Å². The Morgan fingerprint density at radius 1 is 1.02 bits per heavy atom. The Balaban J connectivity index is 1.27. The molecule has 4 N–H and O–H groups in total. The summed E-state index contributed by atoms with van der Waals surface area (Å²) >= 11 is 0. The number of carbonyl (C=O) groups excluding carboxylic acids is 2. The summed E-state index contributed by atoms with van der Waals surface area (Å²) < 4.78 is 0. The monoisotopic (exact) mass is 568 g/mol. The summed E-state index contributed by atoms with van der Waals surface area (Å²) in [5.41, 5.74) is 10.8. The highest BCUT2D eigenvalue weighted by Crippen LogP contribution is 2.46. The standard InChI is InChI=1S/C35H44N4O3/c1-23(2)33(41)39(4)29-16-10-24(11-17-29)18-31(40)38-28-19-30(25-8-6-5-7-9-25)32(37-20-28)26-12-14-27(15-13-26)35(36)21-34(3,42)22-35/h5-9,12-15,19-20,23-24,29,42H,10-11,16-18,21-22,36H2,1-4H3,(H,38,40)/t24-,29-,34-,35-. The molecule has 7 heteroatoms. The molecule has 0 unspecified atom stereocenters. The van der Waals surface area contributed by atoms with Crippen LogP contribution in [-0.4, -0.2) is 45.5 Å². The number of anilines is 1. The van der Waals surface area contributed by atoms with E-state index in [4.69, 9.17) is 10.7 Å². The van der Waals surface area contributed by atoms with Crippen LogP contribution in [0.5, 0.6) is 0 Å². The molecule has 0 aliphatic heterocycles. The van der Waals surface area contributed by atoms with Crippen molar-refractivity contribution < 1.29 is 14.7 Å². The molecular formula is C35H44N4O3. The minimum atomic E-state index is -0.709. The molecule has 0 saturated heterocycles. The third-order valence-corrected chi connectivity index (χ3v) is 9.06. The third kappa shape index (κ3) is 6.58. The Morgan fingerprint density at radius 3 is 2.26 bits per heavy atom. The van der Waals surface area contributed by atoms with E-state index in [0.717, 1.165) is 53.6 Å². The van der Waals surface area contributed by atoms with Crippen LogP contribution in [0.3, 0.4) is 0 Å². The molecule has 0 bridgehead atoms. The van der Waals surface area contributed by atoms with Crippen molar-refractivity contribution in [3.8, 4) is 22.4 Å². The molecule has 2 aromatic carbocycles. The Hall–Kier alpha value is -3.55. The van der Waals surface area contributed by atoms with Crippen molar-refractivity contribution in [2.75, 3.05) is 12.4 Å². The lowest BCUT2D eigenvalue weighted by molar-refractivity contribution is -0.136. The van der Waals surface area contributed by atoms with Gasteiger partial charge in [-0.3, -0.25) is 14.6 Å². The fourth-order valence-electron chi connectivity index (χ4n) is 6.87. The Bertz CT molecular complexity index is 1400. The van der Waals surface area contributed by atoms with E-state index in [1.54, 1.807) is 6.20 Å². The molecule has 222 valence electrons. The van der Waals surface area contributed by atoms with Crippen molar-refractivity contribution in [1.29, 1.82) is 0 Å². The summed E-state index contributed by atoms with van der Waals surface area (Å²) in [6.45, 7) is 5.70. The number of rotatable bonds is 8. The minimum Gasteiger partial charge on any atom is -0.390 e. The Morgan fingerprint density at radius 2 is 1.67 bits per heavy atom. The van der Waals surface area contributed by atoms with E-state index in [9.17, 15) is 14.7 Å². The molecular weight excluding hydrogens is 524 g/mol. The number of nitrogens with zero attached hydrogens (tertiary/aromatic N) is 2. The van der Waals surface area contributed by atoms with E-state index in [0.29, 0.717) is 30.9 Å². The molecule has 1 heterocycles. The normalized spacial score (nSPS) is 25.5. The summed E-state index contributed by atoms with van der Waals surface area (Å²) in [5.74, 6) is 0.497. The quantitative estimate of drug-likeness (QED) is 0.304. The lowest BCUT2D eigenvalue weighted by Gasteiger charge is -2.49. The predicted molar refractivity (Wildman–Crippen MR) is 167 cm³/mol. The fraction of sp³-hybridized carbons (Fsp3) is 0.457. The molecule has 2 aliphatic rings. The van der Waals surface area contributed by atoms with Crippen LogP contribution in [0.1, 0.15) is 71.3 Å². The largest absolute Gasteiger partial charge is 0.390 e. The van der Waals surface area contributed by atoms with Crippen LogP contribution in [0.15, 0.2) is 66.9 Å². The van der Waals surface area contributed by atoms with Gasteiger partial charge in [0.2, 0.25) is 11.8 Å². The molecule has 0 atom stereocenters. The number of nitrogens with two attached hydrogens (primary N) is 1. The van der Waals surface area contributed by atoms with Gasteiger partial charge in [-0.05, 0) is 68.6 Å². The number of aromatic nitrogens is 1. The van der Waals surface area contributed by atoms with Crippen molar-refractivity contribution in [1.82, 2.24) is 9.88 Å². The van der Waals surface area contributed by atoms with Gasteiger partial charge in [-0.25, -0.2) is 0 Å². The van der Waals surface area contributed by atoms with Gasteiger partial charge in [0.15, 0.2) is 0 Å². The zero-order chi connectivity index (χ0) is 30.1. The molecule has 2 saturated carbocycles. The van der Waals surface area contributed by atoms with Crippen molar-refractivity contribution in [3.05, 3.63) is 72.4 Å². The maximum atomic E-state index is 13.1. The molecule has 1 aromatic heterocycles. The van der Waals surface area contributed by atoms with E-state index < -0.39 is 11.1 Å². The second-order valence-electron chi connectivity index (χ2n) is 13.1. The molecule has 42 heavy (non-hydrogen) atoms. The average Bonchev–Trinajstić information content (AvgIpc) is 2.96. The maximum Gasteiger partial charge on any atom is 0.225 e. The topological polar surface area (TPSA) is 109 Å². The minimum absolute atomic E-state index is 0.00253. The molecule has 2 fully saturated rings. The van der Waals surface area contributed by atoms with Gasteiger partial charge in [0, 0.05) is 42.1 Å². The summed E-state index contributed by atoms with van der Waals surface area (Å²) in [7, 11) is 1.91. The first-order valence-electron chi connectivity index (χ1n) is 15.2. The van der Waals surface area contributed by atoms with E-state index in [-0.39, 0.29) is 23.8 Å². The van der Waals surface area contributed by atoms with E-state index in [1.807, 2.05) is 93.4 Å². The van der Waals surface area contributed by atoms with Gasteiger partial charge in [-0.2, -0.15) is 0 Å². The smallest absolute Gasteiger partial charge is 0.225 e. The van der Waals surface area contributed by atoms with Gasteiger partial charge in [0.25, 0.3) is 0 Å². The van der Waals surface area contributed by atoms with Crippen molar-refractivity contribution in [3.63, 3.8) is 0 Å². The number of hydrogen-bond donors (Lipinski definition) is 3. The fourth-order valence-corrected chi connectivity index (χ4v) is 6.87.